The second-order valence-corrected chi connectivity index (χ2v) is 4.52. The van der Waals surface area contributed by atoms with Crippen LogP contribution in [-0.4, -0.2) is 49.3 Å². The highest BCUT2D eigenvalue weighted by Gasteiger charge is 2.12. The predicted molar refractivity (Wildman–Crippen MR) is 62.9 cm³/mol. The van der Waals surface area contributed by atoms with Crippen LogP contribution in [0.3, 0.4) is 0 Å². The van der Waals surface area contributed by atoms with Crippen LogP contribution in [0, 0.1) is 0 Å². The molecule has 1 N–H and O–H groups in total. The molecule has 86 valence electrons. The first-order valence-electron chi connectivity index (χ1n) is 5.00. The standard InChI is InChI=1S/C11H16N4O/c1-15(2,3)9-11(16)14-13-8-10-4-6-12-7-5-10/h4-8H,9H2,1-3H3/p+1. The fourth-order valence-corrected chi connectivity index (χ4v) is 1.09. The van der Waals surface area contributed by atoms with Crippen molar-refractivity contribution in [2.75, 3.05) is 27.7 Å². The monoisotopic (exact) mass is 221 g/mol. The quantitative estimate of drug-likeness (QED) is 0.450. The summed E-state index contributed by atoms with van der Waals surface area (Å²) in [5.41, 5.74) is 3.39. The second kappa shape index (κ2) is 5.37. The van der Waals surface area contributed by atoms with E-state index < -0.39 is 0 Å². The van der Waals surface area contributed by atoms with E-state index in [4.69, 9.17) is 0 Å². The molecule has 0 aliphatic rings. The Morgan fingerprint density at radius 3 is 2.62 bits per heavy atom. The first-order valence-corrected chi connectivity index (χ1v) is 5.00. The summed E-state index contributed by atoms with van der Waals surface area (Å²) in [6, 6.07) is 3.63. The number of hydrazone groups is 1. The maximum atomic E-state index is 11.4. The lowest BCUT2D eigenvalue weighted by Crippen LogP contribution is -2.43. The van der Waals surface area contributed by atoms with E-state index in [1.807, 2.05) is 33.3 Å². The lowest BCUT2D eigenvalue weighted by molar-refractivity contribution is -0.862. The summed E-state index contributed by atoms with van der Waals surface area (Å²) in [6.07, 6.45) is 4.94. The smallest absolute Gasteiger partial charge is 0.295 e. The molecule has 0 aromatic carbocycles. The SMILES string of the molecule is C[N+](C)(C)CC(=O)N/N=C\c1ccncc1. The largest absolute Gasteiger partial charge is 0.323 e. The number of likely N-dealkylation sites (N-methyl/N-ethyl adjacent to an activating group) is 1. The summed E-state index contributed by atoms with van der Waals surface area (Å²) in [6.45, 7) is 0.397. The summed E-state index contributed by atoms with van der Waals surface area (Å²) >= 11 is 0. The first kappa shape index (κ1) is 12.3. The number of carbonyl (C=O) groups is 1. The van der Waals surface area contributed by atoms with Crippen molar-refractivity contribution in [2.24, 2.45) is 5.10 Å². The molecule has 0 unspecified atom stereocenters. The fourth-order valence-electron chi connectivity index (χ4n) is 1.09. The van der Waals surface area contributed by atoms with Crippen molar-refractivity contribution in [3.63, 3.8) is 0 Å². The second-order valence-electron chi connectivity index (χ2n) is 4.52. The number of aromatic nitrogens is 1. The van der Waals surface area contributed by atoms with E-state index in [1.165, 1.54) is 0 Å². The Morgan fingerprint density at radius 1 is 1.44 bits per heavy atom. The third-order valence-corrected chi connectivity index (χ3v) is 1.73. The van der Waals surface area contributed by atoms with Gasteiger partial charge in [-0.1, -0.05) is 0 Å². The van der Waals surface area contributed by atoms with Crippen LogP contribution in [0.5, 0.6) is 0 Å². The number of quaternary nitrogens is 1. The molecular weight excluding hydrogens is 204 g/mol. The van der Waals surface area contributed by atoms with Crippen molar-refractivity contribution in [2.45, 2.75) is 0 Å². The van der Waals surface area contributed by atoms with E-state index in [9.17, 15) is 4.79 Å². The summed E-state index contributed by atoms with van der Waals surface area (Å²) in [5.74, 6) is -0.0993. The fraction of sp³-hybridized carbons (Fsp3) is 0.364. The molecule has 0 saturated carbocycles. The first-order chi connectivity index (χ1) is 7.47. The van der Waals surface area contributed by atoms with Crippen LogP contribution in [0.2, 0.25) is 0 Å². The molecule has 0 radical (unpaired) electrons. The van der Waals surface area contributed by atoms with Crippen molar-refractivity contribution in [1.82, 2.24) is 10.4 Å². The van der Waals surface area contributed by atoms with Gasteiger partial charge in [0.1, 0.15) is 0 Å². The molecule has 0 spiro atoms. The Labute approximate surface area is 95.4 Å². The molecule has 1 aromatic rings. The average molecular weight is 221 g/mol. The molecule has 0 aliphatic heterocycles. The lowest BCUT2D eigenvalue weighted by atomic mass is 10.3. The summed E-state index contributed by atoms with van der Waals surface area (Å²) < 4.78 is 0.580. The number of hydrogen-bond acceptors (Lipinski definition) is 3. The maximum absolute atomic E-state index is 11.4. The molecule has 1 rings (SSSR count). The van der Waals surface area contributed by atoms with Crippen molar-refractivity contribution >= 4 is 12.1 Å². The van der Waals surface area contributed by atoms with E-state index in [0.717, 1.165) is 5.56 Å². The van der Waals surface area contributed by atoms with Gasteiger partial charge < -0.3 is 4.48 Å². The molecule has 0 bridgehead atoms. The van der Waals surface area contributed by atoms with Gasteiger partial charge in [0.25, 0.3) is 5.91 Å². The third kappa shape index (κ3) is 5.21. The van der Waals surface area contributed by atoms with Gasteiger partial charge in [0, 0.05) is 12.4 Å². The van der Waals surface area contributed by atoms with E-state index in [0.29, 0.717) is 11.0 Å². The Morgan fingerprint density at radius 2 is 2.06 bits per heavy atom. The Bertz CT molecular complexity index is 367. The van der Waals surface area contributed by atoms with Gasteiger partial charge >= 0.3 is 0 Å². The molecule has 16 heavy (non-hydrogen) atoms. The van der Waals surface area contributed by atoms with Gasteiger partial charge in [-0.2, -0.15) is 5.10 Å². The Kier molecular flexibility index (Phi) is 4.13. The van der Waals surface area contributed by atoms with Crippen molar-refractivity contribution in [3.05, 3.63) is 30.1 Å². The predicted octanol–water partition coefficient (Wildman–Crippen LogP) is 0.238. The van der Waals surface area contributed by atoms with Crippen molar-refractivity contribution < 1.29 is 9.28 Å². The molecule has 5 nitrogen and oxygen atoms in total. The van der Waals surface area contributed by atoms with E-state index >= 15 is 0 Å². The molecule has 0 saturated heterocycles. The highest BCUT2D eigenvalue weighted by atomic mass is 16.2. The third-order valence-electron chi connectivity index (χ3n) is 1.73. The number of carbonyl (C=O) groups excluding carboxylic acids is 1. The van der Waals surface area contributed by atoms with Crippen molar-refractivity contribution in [3.8, 4) is 0 Å². The Balaban J connectivity index is 2.41. The molecule has 5 heteroatoms. The number of hydrogen-bond donors (Lipinski definition) is 1. The molecule has 1 aromatic heterocycles. The minimum absolute atomic E-state index is 0.0993. The number of nitrogens with zero attached hydrogens (tertiary/aromatic N) is 3. The number of pyridine rings is 1. The zero-order valence-electron chi connectivity index (χ0n) is 9.84. The molecule has 0 atom stereocenters. The summed E-state index contributed by atoms with van der Waals surface area (Å²) in [4.78, 5) is 15.3. The molecule has 0 aliphatic carbocycles. The average Bonchev–Trinajstić information content (AvgIpc) is 2.16. The minimum atomic E-state index is -0.0993. The van der Waals surface area contributed by atoms with E-state index in [1.54, 1.807) is 18.6 Å². The Hall–Kier alpha value is -1.75. The van der Waals surface area contributed by atoms with E-state index in [-0.39, 0.29) is 5.91 Å². The highest BCUT2D eigenvalue weighted by molar-refractivity contribution is 5.82. The molecule has 0 fully saturated rings. The molecule has 1 heterocycles. The van der Waals surface area contributed by atoms with Crippen molar-refractivity contribution in [1.29, 1.82) is 0 Å². The van der Waals surface area contributed by atoms with Crippen LogP contribution in [0.1, 0.15) is 5.56 Å². The molecule has 1 amide bonds. The maximum Gasteiger partial charge on any atom is 0.295 e. The van der Waals surface area contributed by atoms with Gasteiger partial charge in [-0.3, -0.25) is 9.78 Å². The van der Waals surface area contributed by atoms with Gasteiger partial charge in [-0.25, -0.2) is 5.43 Å². The van der Waals surface area contributed by atoms with Crippen LogP contribution in [0.15, 0.2) is 29.6 Å². The lowest BCUT2D eigenvalue weighted by Gasteiger charge is -2.21. The summed E-state index contributed by atoms with van der Waals surface area (Å²) in [5, 5.41) is 3.86. The van der Waals surface area contributed by atoms with E-state index in [2.05, 4.69) is 15.5 Å². The van der Waals surface area contributed by atoms with Crippen LogP contribution in [-0.2, 0) is 4.79 Å². The normalized spacial score (nSPS) is 11.7. The van der Waals surface area contributed by atoms with Crippen LogP contribution in [0.4, 0.5) is 0 Å². The van der Waals surface area contributed by atoms with Gasteiger partial charge in [-0.05, 0) is 17.7 Å². The molecular formula is C11H17N4O+. The van der Waals surface area contributed by atoms with Crippen LogP contribution < -0.4 is 5.43 Å². The van der Waals surface area contributed by atoms with Gasteiger partial charge in [-0.15, -0.1) is 0 Å². The minimum Gasteiger partial charge on any atom is -0.323 e. The number of amides is 1. The highest BCUT2D eigenvalue weighted by Crippen LogP contribution is 1.91. The van der Waals surface area contributed by atoms with Crippen LogP contribution in [0.25, 0.3) is 0 Å². The number of rotatable bonds is 4. The topological polar surface area (TPSA) is 54.4 Å². The van der Waals surface area contributed by atoms with Gasteiger partial charge in [0.15, 0.2) is 6.54 Å². The zero-order valence-corrected chi connectivity index (χ0v) is 9.84. The van der Waals surface area contributed by atoms with Gasteiger partial charge in [0.2, 0.25) is 0 Å². The number of nitrogens with one attached hydrogen (secondary N) is 1. The zero-order chi connectivity index (χ0) is 12.0. The van der Waals surface area contributed by atoms with Crippen LogP contribution >= 0.6 is 0 Å². The summed E-state index contributed by atoms with van der Waals surface area (Å²) in [7, 11) is 5.85. The van der Waals surface area contributed by atoms with Gasteiger partial charge in [0.05, 0.1) is 27.4 Å².